The van der Waals surface area contributed by atoms with E-state index >= 15 is 0 Å². The Balaban J connectivity index is 2.11. The summed E-state index contributed by atoms with van der Waals surface area (Å²) in [4.78, 5) is 13.9. The summed E-state index contributed by atoms with van der Waals surface area (Å²) in [6.07, 6.45) is -3.99. The Kier molecular flexibility index (Phi) is 5.68. The highest BCUT2D eigenvalue weighted by atomic mass is 32.2. The monoisotopic (exact) mass is 394 g/mol. The second-order valence-electron chi connectivity index (χ2n) is 5.02. The maximum atomic E-state index is 12.7. The summed E-state index contributed by atoms with van der Waals surface area (Å²) in [6, 6.07) is 3.39. The minimum Gasteiger partial charge on any atom is -0.481 e. The van der Waals surface area contributed by atoms with Gasteiger partial charge < -0.3 is 5.11 Å². The highest BCUT2D eigenvalue weighted by Crippen LogP contribution is 2.31. The van der Waals surface area contributed by atoms with Crippen molar-refractivity contribution in [3.63, 3.8) is 0 Å². The molecular weight excluding hydrogens is 381 g/mol. The van der Waals surface area contributed by atoms with E-state index in [-0.39, 0.29) is 11.6 Å². The molecule has 1 heterocycles. The van der Waals surface area contributed by atoms with Crippen molar-refractivity contribution < 1.29 is 31.5 Å². The normalized spacial score (nSPS) is 12.1. The lowest BCUT2D eigenvalue weighted by Gasteiger charge is -2.09. The average molecular weight is 394 g/mol. The highest BCUT2D eigenvalue weighted by Gasteiger charge is 2.31. The molecule has 2 aromatic rings. The van der Waals surface area contributed by atoms with Crippen molar-refractivity contribution in [1.29, 1.82) is 0 Å². The number of hydrogen-bond donors (Lipinski definition) is 2. The van der Waals surface area contributed by atoms with Crippen molar-refractivity contribution in [1.82, 2.24) is 4.98 Å². The van der Waals surface area contributed by atoms with Gasteiger partial charge in [-0.15, -0.1) is 11.3 Å². The SMILES string of the molecule is O=C(O)CCCc1csc(NS(=O)(=O)c2cccc(C(F)(F)F)c2)n1. The molecule has 11 heteroatoms. The number of aromatic nitrogens is 1. The Labute approximate surface area is 145 Å². The molecule has 0 aliphatic heterocycles. The van der Waals surface area contributed by atoms with Gasteiger partial charge >= 0.3 is 12.1 Å². The van der Waals surface area contributed by atoms with Crippen LogP contribution in [0.5, 0.6) is 0 Å². The first-order valence-electron chi connectivity index (χ1n) is 6.94. The number of anilines is 1. The molecule has 0 atom stereocenters. The Morgan fingerprint density at radius 2 is 2.04 bits per heavy atom. The van der Waals surface area contributed by atoms with Gasteiger partial charge in [-0.05, 0) is 31.0 Å². The third-order valence-electron chi connectivity index (χ3n) is 3.07. The topological polar surface area (TPSA) is 96.4 Å². The number of hydrogen-bond acceptors (Lipinski definition) is 5. The minimum absolute atomic E-state index is 0.00253. The Morgan fingerprint density at radius 3 is 2.68 bits per heavy atom. The molecule has 0 aliphatic rings. The summed E-state index contributed by atoms with van der Waals surface area (Å²) in [5.41, 5.74) is -0.558. The van der Waals surface area contributed by atoms with Crippen LogP contribution in [0.15, 0.2) is 34.5 Å². The Morgan fingerprint density at radius 1 is 1.32 bits per heavy atom. The first-order chi connectivity index (χ1) is 11.6. The number of alkyl halides is 3. The number of nitrogens with one attached hydrogen (secondary N) is 1. The number of nitrogens with zero attached hydrogens (tertiary/aromatic N) is 1. The van der Waals surface area contributed by atoms with Crippen molar-refractivity contribution in [3.8, 4) is 0 Å². The standard InChI is InChI=1S/C14H13F3N2O4S2/c15-14(16,17)9-3-1-5-11(7-9)25(22,23)19-13-18-10(8-24-13)4-2-6-12(20)21/h1,3,5,7-8H,2,4,6H2,(H,18,19)(H,20,21). The molecule has 0 radical (unpaired) electrons. The largest absolute Gasteiger partial charge is 0.481 e. The molecule has 1 aromatic heterocycles. The van der Waals surface area contributed by atoms with Crippen molar-refractivity contribution >= 4 is 32.5 Å². The zero-order valence-electron chi connectivity index (χ0n) is 12.6. The smallest absolute Gasteiger partial charge is 0.416 e. The lowest BCUT2D eigenvalue weighted by Crippen LogP contribution is -2.14. The third-order valence-corrected chi connectivity index (χ3v) is 5.34. The van der Waals surface area contributed by atoms with Gasteiger partial charge in [0.1, 0.15) is 0 Å². The second kappa shape index (κ2) is 7.40. The summed E-state index contributed by atoms with van der Waals surface area (Å²) >= 11 is 0.969. The van der Waals surface area contributed by atoms with Crippen LogP contribution in [0.3, 0.4) is 0 Å². The number of sulfonamides is 1. The molecule has 0 amide bonds. The number of aliphatic carboxylic acids is 1. The van der Waals surface area contributed by atoms with Crippen molar-refractivity contribution in [2.24, 2.45) is 0 Å². The van der Waals surface area contributed by atoms with Crippen LogP contribution in [-0.4, -0.2) is 24.5 Å². The van der Waals surface area contributed by atoms with Crippen LogP contribution in [0.2, 0.25) is 0 Å². The maximum Gasteiger partial charge on any atom is 0.416 e. The van der Waals surface area contributed by atoms with Gasteiger partial charge in [0.2, 0.25) is 0 Å². The summed E-state index contributed by atoms with van der Waals surface area (Å²) in [7, 11) is -4.21. The fraction of sp³-hybridized carbons (Fsp3) is 0.286. The van der Waals surface area contributed by atoms with E-state index in [0.717, 1.165) is 29.5 Å². The van der Waals surface area contributed by atoms with Crippen LogP contribution < -0.4 is 4.72 Å². The number of rotatable bonds is 7. The molecule has 2 N–H and O–H groups in total. The van der Waals surface area contributed by atoms with Gasteiger partial charge in [-0.25, -0.2) is 13.4 Å². The molecule has 0 fully saturated rings. The van der Waals surface area contributed by atoms with Gasteiger partial charge in [0.25, 0.3) is 10.0 Å². The van der Waals surface area contributed by atoms with Gasteiger partial charge in [0.15, 0.2) is 5.13 Å². The van der Waals surface area contributed by atoms with E-state index in [0.29, 0.717) is 24.6 Å². The van der Waals surface area contributed by atoms with Crippen LogP contribution in [-0.2, 0) is 27.4 Å². The van der Waals surface area contributed by atoms with Crippen LogP contribution in [0, 0.1) is 0 Å². The van der Waals surface area contributed by atoms with E-state index in [1.54, 1.807) is 5.38 Å². The van der Waals surface area contributed by atoms with E-state index < -0.39 is 32.6 Å². The highest BCUT2D eigenvalue weighted by molar-refractivity contribution is 7.93. The molecule has 0 bridgehead atoms. The maximum absolute atomic E-state index is 12.7. The minimum atomic E-state index is -4.65. The van der Waals surface area contributed by atoms with E-state index in [1.165, 1.54) is 0 Å². The van der Waals surface area contributed by atoms with Crippen LogP contribution in [0.1, 0.15) is 24.1 Å². The van der Waals surface area contributed by atoms with E-state index in [1.807, 2.05) is 0 Å². The molecule has 136 valence electrons. The van der Waals surface area contributed by atoms with Gasteiger partial charge in [-0.3, -0.25) is 9.52 Å². The van der Waals surface area contributed by atoms with E-state index in [9.17, 15) is 26.4 Å². The van der Waals surface area contributed by atoms with Crippen LogP contribution >= 0.6 is 11.3 Å². The van der Waals surface area contributed by atoms with E-state index in [2.05, 4.69) is 9.71 Å². The lowest BCUT2D eigenvalue weighted by molar-refractivity contribution is -0.138. The molecule has 0 aliphatic carbocycles. The molecule has 25 heavy (non-hydrogen) atoms. The summed E-state index contributed by atoms with van der Waals surface area (Å²) < 4.78 is 64.6. The van der Waals surface area contributed by atoms with Gasteiger partial charge in [-0.1, -0.05) is 6.07 Å². The van der Waals surface area contributed by atoms with E-state index in [4.69, 9.17) is 5.11 Å². The molecular formula is C14H13F3N2O4S2. The van der Waals surface area contributed by atoms with Crippen molar-refractivity contribution in [2.45, 2.75) is 30.3 Å². The van der Waals surface area contributed by atoms with Crippen molar-refractivity contribution in [3.05, 3.63) is 40.9 Å². The first-order valence-corrected chi connectivity index (χ1v) is 9.30. The van der Waals surface area contributed by atoms with Gasteiger partial charge in [-0.2, -0.15) is 13.2 Å². The third kappa shape index (κ3) is 5.43. The predicted octanol–water partition coefficient (Wildman–Crippen LogP) is 3.37. The number of benzene rings is 1. The number of halogens is 3. The number of carboxylic acids is 1. The number of aryl methyl sites for hydroxylation is 1. The van der Waals surface area contributed by atoms with Gasteiger partial charge in [0, 0.05) is 11.8 Å². The summed E-state index contributed by atoms with van der Waals surface area (Å²) in [5.74, 6) is -0.944. The predicted molar refractivity (Wildman–Crippen MR) is 84.9 cm³/mol. The summed E-state index contributed by atoms with van der Waals surface area (Å²) in [6.45, 7) is 0. The molecule has 0 spiro atoms. The molecule has 0 unspecified atom stereocenters. The average Bonchev–Trinajstić information content (AvgIpc) is 2.93. The quantitative estimate of drug-likeness (QED) is 0.751. The van der Waals surface area contributed by atoms with Crippen LogP contribution in [0.4, 0.5) is 18.3 Å². The molecule has 1 aromatic carbocycles. The zero-order chi connectivity index (χ0) is 18.7. The second-order valence-corrected chi connectivity index (χ2v) is 7.56. The Bertz CT molecular complexity index is 863. The molecule has 2 rings (SSSR count). The van der Waals surface area contributed by atoms with Crippen LogP contribution in [0.25, 0.3) is 0 Å². The number of carboxylic acid groups (broad SMARTS) is 1. The van der Waals surface area contributed by atoms with Crippen molar-refractivity contribution in [2.75, 3.05) is 4.72 Å². The van der Waals surface area contributed by atoms with Gasteiger partial charge in [0.05, 0.1) is 16.2 Å². The molecule has 6 nitrogen and oxygen atoms in total. The fourth-order valence-electron chi connectivity index (χ4n) is 1.90. The summed E-state index contributed by atoms with van der Waals surface area (Å²) in [5, 5.41) is 10.1. The Hall–Kier alpha value is -2.14. The fourth-order valence-corrected chi connectivity index (χ4v) is 3.95. The zero-order valence-corrected chi connectivity index (χ0v) is 14.2. The lowest BCUT2D eigenvalue weighted by atomic mass is 10.2. The first kappa shape index (κ1) is 19.2. The number of carbonyl (C=O) groups is 1. The molecule has 0 saturated carbocycles. The molecule has 0 saturated heterocycles. The number of thiazole rings is 1.